The van der Waals surface area contributed by atoms with E-state index >= 15 is 0 Å². The van der Waals surface area contributed by atoms with Crippen LogP contribution in [0.15, 0.2) is 36.7 Å². The molecule has 0 aliphatic rings. The number of aliphatic carboxylic acids is 1. The zero-order chi connectivity index (χ0) is 13.7. The van der Waals surface area contributed by atoms with Crippen LogP contribution < -0.4 is 5.32 Å². The van der Waals surface area contributed by atoms with Crippen molar-refractivity contribution in [3.8, 4) is 0 Å². The summed E-state index contributed by atoms with van der Waals surface area (Å²) in [5.74, 6) is -0.297. The highest BCUT2D eigenvalue weighted by molar-refractivity contribution is 5.70. The van der Waals surface area contributed by atoms with Crippen molar-refractivity contribution in [1.82, 2.24) is 9.97 Å². The lowest BCUT2D eigenvalue weighted by atomic mass is 10.0. The van der Waals surface area contributed by atoms with E-state index in [0.29, 0.717) is 12.5 Å². The monoisotopic (exact) mass is 257 g/mol. The number of aromatic nitrogens is 2. The summed E-state index contributed by atoms with van der Waals surface area (Å²) < 4.78 is 0. The topological polar surface area (TPSA) is 75.1 Å². The van der Waals surface area contributed by atoms with Crippen LogP contribution in [0, 0.1) is 6.92 Å². The number of nitrogens with zero attached hydrogens (tertiary/aromatic N) is 2. The van der Waals surface area contributed by atoms with Crippen LogP contribution in [0.4, 0.5) is 5.95 Å². The maximum absolute atomic E-state index is 10.8. The van der Waals surface area contributed by atoms with Gasteiger partial charge in [-0.1, -0.05) is 24.3 Å². The van der Waals surface area contributed by atoms with E-state index in [1.807, 2.05) is 31.2 Å². The molecule has 0 fully saturated rings. The van der Waals surface area contributed by atoms with Gasteiger partial charge in [-0.25, -0.2) is 9.97 Å². The van der Waals surface area contributed by atoms with Gasteiger partial charge in [0.2, 0.25) is 5.95 Å². The van der Waals surface area contributed by atoms with Gasteiger partial charge in [-0.05, 0) is 23.6 Å². The zero-order valence-electron chi connectivity index (χ0n) is 10.6. The molecule has 0 radical (unpaired) electrons. The number of carboxylic acid groups (broad SMARTS) is 1. The van der Waals surface area contributed by atoms with Crippen LogP contribution in [-0.2, 0) is 17.8 Å². The van der Waals surface area contributed by atoms with Crippen molar-refractivity contribution >= 4 is 11.9 Å². The quantitative estimate of drug-likeness (QED) is 0.857. The lowest BCUT2D eigenvalue weighted by molar-refractivity contribution is -0.136. The Kier molecular flexibility index (Phi) is 4.07. The number of rotatable bonds is 5. The van der Waals surface area contributed by atoms with Gasteiger partial charge in [-0.15, -0.1) is 0 Å². The van der Waals surface area contributed by atoms with Gasteiger partial charge in [0.15, 0.2) is 0 Å². The summed E-state index contributed by atoms with van der Waals surface area (Å²) in [6.07, 6.45) is 3.49. The Morgan fingerprint density at radius 2 is 1.84 bits per heavy atom. The second-order valence-electron chi connectivity index (χ2n) is 4.28. The fraction of sp³-hybridized carbons (Fsp3) is 0.214. The number of benzene rings is 1. The van der Waals surface area contributed by atoms with Crippen LogP contribution in [0.2, 0.25) is 0 Å². The lowest BCUT2D eigenvalue weighted by Crippen LogP contribution is -2.08. The largest absolute Gasteiger partial charge is 0.481 e. The van der Waals surface area contributed by atoms with E-state index in [0.717, 1.165) is 16.7 Å². The predicted octanol–water partition coefficient (Wildman–Crippen LogP) is 2.02. The molecular formula is C14H15N3O2. The van der Waals surface area contributed by atoms with E-state index in [2.05, 4.69) is 15.3 Å². The minimum Gasteiger partial charge on any atom is -0.481 e. The van der Waals surface area contributed by atoms with Gasteiger partial charge in [-0.2, -0.15) is 0 Å². The van der Waals surface area contributed by atoms with Crippen LogP contribution in [0.25, 0.3) is 0 Å². The molecule has 0 amide bonds. The molecule has 0 aliphatic carbocycles. The summed E-state index contributed by atoms with van der Waals surface area (Å²) >= 11 is 0. The van der Waals surface area contributed by atoms with Crippen molar-refractivity contribution in [2.24, 2.45) is 0 Å². The standard InChI is InChI=1S/C14H15N3O2/c1-10-7-15-14(16-8-10)17-9-12-5-3-2-4-11(12)6-13(18)19/h2-5,7-8H,6,9H2,1H3,(H,18,19)(H,15,16,17). The van der Waals surface area contributed by atoms with Crippen LogP contribution in [0.5, 0.6) is 0 Å². The number of hydrogen-bond acceptors (Lipinski definition) is 4. The first-order chi connectivity index (χ1) is 9.15. The minimum absolute atomic E-state index is 0.0204. The number of aryl methyl sites for hydroxylation is 1. The van der Waals surface area contributed by atoms with Crippen LogP contribution in [-0.4, -0.2) is 21.0 Å². The zero-order valence-corrected chi connectivity index (χ0v) is 10.6. The van der Waals surface area contributed by atoms with Gasteiger partial charge in [0.1, 0.15) is 0 Å². The molecular weight excluding hydrogens is 242 g/mol. The maximum Gasteiger partial charge on any atom is 0.307 e. The van der Waals surface area contributed by atoms with Crippen molar-refractivity contribution in [1.29, 1.82) is 0 Å². The Labute approximate surface area is 111 Å². The fourth-order valence-corrected chi connectivity index (χ4v) is 1.72. The van der Waals surface area contributed by atoms with Crippen LogP contribution >= 0.6 is 0 Å². The molecule has 19 heavy (non-hydrogen) atoms. The SMILES string of the molecule is Cc1cnc(NCc2ccccc2CC(=O)O)nc1. The summed E-state index contributed by atoms with van der Waals surface area (Å²) in [7, 11) is 0. The minimum atomic E-state index is -0.834. The normalized spacial score (nSPS) is 10.2. The third-order valence-corrected chi connectivity index (χ3v) is 2.68. The number of hydrogen-bond donors (Lipinski definition) is 2. The maximum atomic E-state index is 10.8. The third-order valence-electron chi connectivity index (χ3n) is 2.68. The summed E-state index contributed by atoms with van der Waals surface area (Å²) in [5, 5.41) is 11.9. The van der Waals surface area contributed by atoms with E-state index < -0.39 is 5.97 Å². The molecule has 0 saturated heterocycles. The van der Waals surface area contributed by atoms with Gasteiger partial charge < -0.3 is 10.4 Å². The van der Waals surface area contributed by atoms with Crippen LogP contribution in [0.3, 0.4) is 0 Å². The molecule has 1 heterocycles. The Morgan fingerprint density at radius 3 is 2.47 bits per heavy atom. The summed E-state index contributed by atoms with van der Waals surface area (Å²) in [4.78, 5) is 19.1. The first kappa shape index (κ1) is 13.0. The van der Waals surface area contributed by atoms with E-state index in [1.54, 1.807) is 12.4 Å². The van der Waals surface area contributed by atoms with E-state index in [9.17, 15) is 4.79 Å². The third kappa shape index (κ3) is 3.77. The van der Waals surface area contributed by atoms with Crippen molar-refractivity contribution in [3.63, 3.8) is 0 Å². The summed E-state index contributed by atoms with van der Waals surface area (Å²) in [5.41, 5.74) is 2.74. The molecule has 5 nitrogen and oxygen atoms in total. The summed E-state index contributed by atoms with van der Waals surface area (Å²) in [6.45, 7) is 2.43. The molecule has 0 unspecified atom stereocenters. The van der Waals surface area contributed by atoms with Gasteiger partial charge in [-0.3, -0.25) is 4.79 Å². The molecule has 1 aromatic heterocycles. The van der Waals surface area contributed by atoms with Crippen molar-refractivity contribution in [2.75, 3.05) is 5.32 Å². The Hall–Kier alpha value is -2.43. The average Bonchev–Trinajstić information content (AvgIpc) is 2.39. The van der Waals surface area contributed by atoms with Crippen molar-refractivity contribution in [2.45, 2.75) is 19.9 Å². The Morgan fingerprint density at radius 1 is 1.21 bits per heavy atom. The van der Waals surface area contributed by atoms with Crippen molar-refractivity contribution in [3.05, 3.63) is 53.3 Å². The lowest BCUT2D eigenvalue weighted by Gasteiger charge is -2.09. The summed E-state index contributed by atoms with van der Waals surface area (Å²) in [6, 6.07) is 7.45. The van der Waals surface area contributed by atoms with E-state index in [-0.39, 0.29) is 6.42 Å². The highest BCUT2D eigenvalue weighted by atomic mass is 16.4. The molecule has 0 saturated carbocycles. The van der Waals surface area contributed by atoms with Gasteiger partial charge in [0.05, 0.1) is 6.42 Å². The van der Waals surface area contributed by atoms with Crippen LogP contribution in [0.1, 0.15) is 16.7 Å². The highest BCUT2D eigenvalue weighted by Gasteiger charge is 2.06. The fourth-order valence-electron chi connectivity index (χ4n) is 1.72. The van der Waals surface area contributed by atoms with E-state index in [4.69, 9.17) is 5.11 Å². The smallest absolute Gasteiger partial charge is 0.307 e. The molecule has 2 rings (SSSR count). The second-order valence-corrected chi connectivity index (χ2v) is 4.28. The number of anilines is 1. The Balaban J connectivity index is 2.06. The molecule has 2 N–H and O–H groups in total. The number of carbonyl (C=O) groups is 1. The molecule has 2 aromatic rings. The van der Waals surface area contributed by atoms with Gasteiger partial charge in [0, 0.05) is 18.9 Å². The number of carboxylic acids is 1. The number of nitrogens with one attached hydrogen (secondary N) is 1. The first-order valence-corrected chi connectivity index (χ1v) is 5.96. The van der Waals surface area contributed by atoms with Crippen molar-refractivity contribution < 1.29 is 9.90 Å². The van der Waals surface area contributed by atoms with Gasteiger partial charge >= 0.3 is 5.97 Å². The Bertz CT molecular complexity index is 567. The van der Waals surface area contributed by atoms with E-state index in [1.165, 1.54) is 0 Å². The van der Waals surface area contributed by atoms with Gasteiger partial charge in [0.25, 0.3) is 0 Å². The predicted molar refractivity (Wildman–Crippen MR) is 71.9 cm³/mol. The molecule has 0 bridgehead atoms. The molecule has 0 spiro atoms. The molecule has 1 aromatic carbocycles. The average molecular weight is 257 g/mol. The highest BCUT2D eigenvalue weighted by Crippen LogP contribution is 2.11. The second kappa shape index (κ2) is 5.95. The molecule has 5 heteroatoms. The molecule has 98 valence electrons. The molecule has 0 aliphatic heterocycles. The molecule has 0 atom stereocenters. The first-order valence-electron chi connectivity index (χ1n) is 5.96.